The number of carbonyl (C=O) groups excluding carboxylic acids is 1. The van der Waals surface area contributed by atoms with E-state index in [0.29, 0.717) is 23.0 Å². The minimum absolute atomic E-state index is 0.266. The van der Waals surface area contributed by atoms with E-state index in [4.69, 9.17) is 16.3 Å². The van der Waals surface area contributed by atoms with Gasteiger partial charge in [0.2, 0.25) is 0 Å². The summed E-state index contributed by atoms with van der Waals surface area (Å²) in [7, 11) is 0. The number of anilines is 1. The standard InChI is InChI=1S/C15H19ClN2O2/c1-2-9-17-15(19)18-11-7-8-14(13(16)10-11)20-12-5-3-4-6-12/h2,7-8,10,12H,1,3-6,9H2,(H2,17,18,19). The topological polar surface area (TPSA) is 50.4 Å². The van der Waals surface area contributed by atoms with Crippen molar-refractivity contribution in [2.45, 2.75) is 31.8 Å². The summed E-state index contributed by atoms with van der Waals surface area (Å²) in [4.78, 5) is 11.5. The fourth-order valence-electron chi connectivity index (χ4n) is 2.20. The second kappa shape index (κ2) is 7.20. The summed E-state index contributed by atoms with van der Waals surface area (Å²) in [5.41, 5.74) is 0.635. The van der Waals surface area contributed by atoms with Gasteiger partial charge in [0, 0.05) is 12.2 Å². The van der Waals surface area contributed by atoms with Gasteiger partial charge in [0.25, 0.3) is 0 Å². The quantitative estimate of drug-likeness (QED) is 0.807. The average molecular weight is 295 g/mol. The first kappa shape index (κ1) is 14.7. The number of ether oxygens (including phenoxy) is 1. The van der Waals surface area contributed by atoms with Gasteiger partial charge in [-0.3, -0.25) is 0 Å². The van der Waals surface area contributed by atoms with E-state index in [2.05, 4.69) is 17.2 Å². The van der Waals surface area contributed by atoms with Crippen molar-refractivity contribution < 1.29 is 9.53 Å². The number of hydrogen-bond donors (Lipinski definition) is 2. The Hall–Kier alpha value is -1.68. The molecule has 5 heteroatoms. The Labute approximate surface area is 124 Å². The molecule has 108 valence electrons. The van der Waals surface area contributed by atoms with Crippen LogP contribution in [0.25, 0.3) is 0 Å². The maximum absolute atomic E-state index is 11.5. The van der Waals surface area contributed by atoms with Crippen LogP contribution < -0.4 is 15.4 Å². The average Bonchev–Trinajstić information content (AvgIpc) is 2.92. The van der Waals surface area contributed by atoms with Crippen LogP contribution in [0.2, 0.25) is 5.02 Å². The Balaban J connectivity index is 1.94. The fourth-order valence-corrected chi connectivity index (χ4v) is 2.43. The highest BCUT2D eigenvalue weighted by molar-refractivity contribution is 6.32. The van der Waals surface area contributed by atoms with E-state index in [9.17, 15) is 4.79 Å². The van der Waals surface area contributed by atoms with E-state index in [-0.39, 0.29) is 12.1 Å². The largest absolute Gasteiger partial charge is 0.489 e. The minimum Gasteiger partial charge on any atom is -0.489 e. The third-order valence-corrected chi connectivity index (χ3v) is 3.49. The molecule has 2 N–H and O–H groups in total. The zero-order chi connectivity index (χ0) is 14.4. The summed E-state index contributed by atoms with van der Waals surface area (Å²) in [6.07, 6.45) is 6.48. The van der Waals surface area contributed by atoms with Crippen molar-refractivity contribution in [2.75, 3.05) is 11.9 Å². The van der Waals surface area contributed by atoms with E-state index in [1.165, 1.54) is 12.8 Å². The van der Waals surface area contributed by atoms with E-state index in [0.717, 1.165) is 12.8 Å². The number of hydrogen-bond acceptors (Lipinski definition) is 2. The lowest BCUT2D eigenvalue weighted by Crippen LogP contribution is -2.28. The lowest BCUT2D eigenvalue weighted by atomic mass is 10.2. The number of rotatable bonds is 5. The van der Waals surface area contributed by atoms with Crippen molar-refractivity contribution in [2.24, 2.45) is 0 Å². The van der Waals surface area contributed by atoms with Gasteiger partial charge in [0.15, 0.2) is 0 Å². The Kier molecular flexibility index (Phi) is 5.30. The van der Waals surface area contributed by atoms with Crippen LogP contribution in [0.4, 0.5) is 10.5 Å². The maximum Gasteiger partial charge on any atom is 0.319 e. The molecule has 0 atom stereocenters. The molecule has 2 rings (SSSR count). The zero-order valence-electron chi connectivity index (χ0n) is 11.3. The first-order chi connectivity index (χ1) is 9.69. The summed E-state index contributed by atoms with van der Waals surface area (Å²) in [6.45, 7) is 3.95. The molecule has 1 aliphatic carbocycles. The second-order valence-electron chi connectivity index (χ2n) is 4.79. The number of carbonyl (C=O) groups is 1. The highest BCUT2D eigenvalue weighted by atomic mass is 35.5. The summed E-state index contributed by atoms with van der Waals surface area (Å²) >= 11 is 6.18. The van der Waals surface area contributed by atoms with Crippen molar-refractivity contribution in [3.63, 3.8) is 0 Å². The second-order valence-corrected chi connectivity index (χ2v) is 5.20. The Morgan fingerprint density at radius 1 is 1.45 bits per heavy atom. The highest BCUT2D eigenvalue weighted by Crippen LogP contribution is 2.31. The predicted octanol–water partition coefficient (Wildman–Crippen LogP) is 3.97. The number of halogens is 1. The number of urea groups is 1. The van der Waals surface area contributed by atoms with Gasteiger partial charge < -0.3 is 15.4 Å². The summed E-state index contributed by atoms with van der Waals surface area (Å²) in [5.74, 6) is 0.676. The van der Waals surface area contributed by atoms with Crippen molar-refractivity contribution >= 4 is 23.3 Å². The third-order valence-electron chi connectivity index (χ3n) is 3.19. The highest BCUT2D eigenvalue weighted by Gasteiger charge is 2.17. The van der Waals surface area contributed by atoms with Crippen LogP contribution in [0.15, 0.2) is 30.9 Å². The Bertz CT molecular complexity index is 485. The molecule has 0 spiro atoms. The van der Waals surface area contributed by atoms with Crippen LogP contribution in [-0.2, 0) is 0 Å². The molecule has 1 aromatic rings. The molecule has 0 saturated heterocycles. The van der Waals surface area contributed by atoms with Crippen LogP contribution in [0.1, 0.15) is 25.7 Å². The molecule has 1 fully saturated rings. The number of nitrogens with one attached hydrogen (secondary N) is 2. The molecule has 1 saturated carbocycles. The normalized spacial score (nSPS) is 14.8. The molecule has 0 heterocycles. The Morgan fingerprint density at radius 2 is 2.20 bits per heavy atom. The van der Waals surface area contributed by atoms with Crippen LogP contribution in [0.3, 0.4) is 0 Å². The van der Waals surface area contributed by atoms with E-state index in [1.807, 2.05) is 0 Å². The van der Waals surface area contributed by atoms with Crippen molar-refractivity contribution in [3.8, 4) is 5.75 Å². The van der Waals surface area contributed by atoms with Crippen LogP contribution in [0, 0.1) is 0 Å². The SMILES string of the molecule is C=CCNC(=O)Nc1ccc(OC2CCCC2)c(Cl)c1. The van der Waals surface area contributed by atoms with Crippen molar-refractivity contribution in [3.05, 3.63) is 35.9 Å². The zero-order valence-corrected chi connectivity index (χ0v) is 12.1. The predicted molar refractivity (Wildman–Crippen MR) is 81.6 cm³/mol. The van der Waals surface area contributed by atoms with Crippen LogP contribution >= 0.6 is 11.6 Å². The van der Waals surface area contributed by atoms with Gasteiger partial charge >= 0.3 is 6.03 Å². The molecule has 1 aromatic carbocycles. The number of benzene rings is 1. The molecule has 0 aliphatic heterocycles. The smallest absolute Gasteiger partial charge is 0.319 e. The molecule has 1 aliphatic rings. The van der Waals surface area contributed by atoms with Gasteiger partial charge in [-0.25, -0.2) is 4.79 Å². The molecular weight excluding hydrogens is 276 g/mol. The molecule has 0 unspecified atom stereocenters. The van der Waals surface area contributed by atoms with Crippen LogP contribution in [0.5, 0.6) is 5.75 Å². The van der Waals surface area contributed by atoms with Gasteiger partial charge in [-0.2, -0.15) is 0 Å². The van der Waals surface area contributed by atoms with Gasteiger partial charge in [-0.05, 0) is 43.9 Å². The van der Waals surface area contributed by atoms with Crippen LogP contribution in [-0.4, -0.2) is 18.7 Å². The lowest BCUT2D eigenvalue weighted by molar-refractivity contribution is 0.210. The summed E-state index contributed by atoms with van der Waals surface area (Å²) in [5, 5.41) is 5.84. The third kappa shape index (κ3) is 4.17. The molecule has 4 nitrogen and oxygen atoms in total. The summed E-state index contributed by atoms with van der Waals surface area (Å²) < 4.78 is 5.86. The van der Waals surface area contributed by atoms with E-state index < -0.39 is 0 Å². The van der Waals surface area contributed by atoms with Gasteiger partial charge in [-0.15, -0.1) is 6.58 Å². The Morgan fingerprint density at radius 3 is 2.85 bits per heavy atom. The monoisotopic (exact) mass is 294 g/mol. The number of amides is 2. The van der Waals surface area contributed by atoms with Crippen molar-refractivity contribution in [1.29, 1.82) is 0 Å². The van der Waals surface area contributed by atoms with Gasteiger partial charge in [0.1, 0.15) is 5.75 Å². The first-order valence-corrected chi connectivity index (χ1v) is 7.19. The molecule has 0 aromatic heterocycles. The fraction of sp³-hybridized carbons (Fsp3) is 0.400. The molecular formula is C15H19ClN2O2. The van der Waals surface area contributed by atoms with E-state index in [1.54, 1.807) is 24.3 Å². The molecule has 0 bridgehead atoms. The van der Waals surface area contributed by atoms with Gasteiger partial charge in [0.05, 0.1) is 11.1 Å². The lowest BCUT2D eigenvalue weighted by Gasteiger charge is -2.15. The van der Waals surface area contributed by atoms with Gasteiger partial charge in [-0.1, -0.05) is 17.7 Å². The van der Waals surface area contributed by atoms with E-state index >= 15 is 0 Å². The molecule has 0 radical (unpaired) electrons. The molecule has 2 amide bonds. The minimum atomic E-state index is -0.287. The summed E-state index contributed by atoms with van der Waals surface area (Å²) in [6, 6.07) is 4.98. The maximum atomic E-state index is 11.5. The first-order valence-electron chi connectivity index (χ1n) is 6.81. The van der Waals surface area contributed by atoms with Crippen molar-refractivity contribution in [1.82, 2.24) is 5.32 Å². The molecule has 20 heavy (non-hydrogen) atoms.